The van der Waals surface area contributed by atoms with Crippen molar-refractivity contribution in [3.8, 4) is 17.1 Å². The number of aryl methyl sites for hydroxylation is 1. The Morgan fingerprint density at radius 3 is 2.63 bits per heavy atom. The number of nitrogens with one attached hydrogen (secondary N) is 2. The van der Waals surface area contributed by atoms with Crippen LogP contribution in [-0.4, -0.2) is 34.7 Å². The quantitative estimate of drug-likeness (QED) is 0.590. The number of carbonyl (C=O) groups excluding carboxylic acids is 1. The van der Waals surface area contributed by atoms with E-state index in [1.165, 1.54) is 6.07 Å². The van der Waals surface area contributed by atoms with Crippen LogP contribution in [0.3, 0.4) is 0 Å². The Balaban J connectivity index is 1.53. The number of benzene rings is 2. The Bertz CT molecular complexity index is 1100. The average Bonchev–Trinajstić information content (AvgIpc) is 2.75. The number of carbonyl (C=O) groups is 1. The fourth-order valence-corrected chi connectivity index (χ4v) is 2.86. The zero-order chi connectivity index (χ0) is 21.5. The molecule has 1 heterocycles. The van der Waals surface area contributed by atoms with Gasteiger partial charge in [-0.2, -0.15) is 0 Å². The topological polar surface area (TPSA) is 97.0 Å². The van der Waals surface area contributed by atoms with E-state index in [-0.39, 0.29) is 35.8 Å². The van der Waals surface area contributed by atoms with Crippen LogP contribution in [0.15, 0.2) is 47.3 Å². The molecular weight excluding hydrogens is 394 g/mol. The highest BCUT2D eigenvalue weighted by Crippen LogP contribution is 2.17. The SMILES string of the molecule is COc1ccccc1CCNC(=O)CCc1nnc(-c2ccc(F)c(F)c2)[nH]c1=O. The van der Waals surface area contributed by atoms with Crippen molar-refractivity contribution in [2.45, 2.75) is 19.3 Å². The number of rotatable bonds is 8. The van der Waals surface area contributed by atoms with Gasteiger partial charge >= 0.3 is 0 Å². The standard InChI is InChI=1S/C21H20F2N4O3/c1-30-18-5-3-2-4-13(18)10-11-24-19(28)9-8-17-21(29)25-20(27-26-17)14-6-7-15(22)16(23)12-14/h2-7,12H,8-11H2,1H3,(H,24,28)(H,25,27,29). The molecule has 2 N–H and O–H groups in total. The first-order chi connectivity index (χ1) is 14.5. The number of ether oxygens (including phenoxy) is 1. The summed E-state index contributed by atoms with van der Waals surface area (Å²) in [7, 11) is 1.59. The molecule has 3 rings (SSSR count). The summed E-state index contributed by atoms with van der Waals surface area (Å²) < 4.78 is 31.6. The van der Waals surface area contributed by atoms with E-state index in [1.54, 1.807) is 7.11 Å². The smallest absolute Gasteiger partial charge is 0.273 e. The number of H-pyrrole nitrogens is 1. The van der Waals surface area contributed by atoms with Gasteiger partial charge in [0.2, 0.25) is 5.91 Å². The first kappa shape index (κ1) is 21.1. The summed E-state index contributed by atoms with van der Waals surface area (Å²) in [4.78, 5) is 26.7. The van der Waals surface area contributed by atoms with E-state index >= 15 is 0 Å². The van der Waals surface area contributed by atoms with Crippen LogP contribution in [0.25, 0.3) is 11.4 Å². The third-order valence-corrected chi connectivity index (χ3v) is 4.46. The Morgan fingerprint density at radius 2 is 1.90 bits per heavy atom. The molecule has 30 heavy (non-hydrogen) atoms. The van der Waals surface area contributed by atoms with E-state index < -0.39 is 17.2 Å². The van der Waals surface area contributed by atoms with E-state index in [2.05, 4.69) is 20.5 Å². The molecule has 0 spiro atoms. The molecule has 0 aliphatic heterocycles. The summed E-state index contributed by atoms with van der Waals surface area (Å²) in [5.74, 6) is -1.50. The van der Waals surface area contributed by atoms with Crippen LogP contribution >= 0.6 is 0 Å². The molecule has 0 fully saturated rings. The fraction of sp³-hybridized carbons (Fsp3) is 0.238. The molecule has 0 bridgehead atoms. The van der Waals surface area contributed by atoms with Gasteiger partial charge in [-0.1, -0.05) is 18.2 Å². The van der Waals surface area contributed by atoms with Gasteiger partial charge in [0.05, 0.1) is 7.11 Å². The molecule has 3 aromatic rings. The third-order valence-electron chi connectivity index (χ3n) is 4.46. The lowest BCUT2D eigenvalue weighted by Gasteiger charge is -2.09. The van der Waals surface area contributed by atoms with Crippen molar-refractivity contribution in [2.75, 3.05) is 13.7 Å². The van der Waals surface area contributed by atoms with Gasteiger partial charge in [0.1, 0.15) is 11.4 Å². The molecule has 0 radical (unpaired) electrons. The minimum absolute atomic E-state index is 0.0175. The minimum Gasteiger partial charge on any atom is -0.496 e. The van der Waals surface area contributed by atoms with Crippen molar-refractivity contribution in [1.82, 2.24) is 20.5 Å². The first-order valence-corrected chi connectivity index (χ1v) is 9.28. The Kier molecular flexibility index (Phi) is 6.84. The van der Waals surface area contributed by atoms with E-state index in [0.29, 0.717) is 13.0 Å². The Hall–Kier alpha value is -3.62. The number of methoxy groups -OCH3 is 1. The molecule has 9 heteroatoms. The van der Waals surface area contributed by atoms with Crippen molar-refractivity contribution >= 4 is 5.91 Å². The summed E-state index contributed by atoms with van der Waals surface area (Å²) in [6.45, 7) is 0.427. The molecule has 1 amide bonds. The van der Waals surface area contributed by atoms with Gasteiger partial charge in [-0.3, -0.25) is 9.59 Å². The number of aromatic nitrogens is 3. The zero-order valence-electron chi connectivity index (χ0n) is 16.2. The summed E-state index contributed by atoms with van der Waals surface area (Å²) in [6, 6.07) is 10.7. The van der Waals surface area contributed by atoms with Gasteiger partial charge in [-0.25, -0.2) is 8.78 Å². The monoisotopic (exact) mass is 414 g/mol. The molecule has 156 valence electrons. The van der Waals surface area contributed by atoms with Crippen LogP contribution in [0.4, 0.5) is 8.78 Å². The van der Waals surface area contributed by atoms with Gasteiger partial charge in [0.25, 0.3) is 5.56 Å². The summed E-state index contributed by atoms with van der Waals surface area (Å²) in [5.41, 5.74) is 0.724. The largest absolute Gasteiger partial charge is 0.496 e. The second kappa shape index (κ2) is 9.73. The van der Waals surface area contributed by atoms with Crippen LogP contribution in [-0.2, 0) is 17.6 Å². The van der Waals surface area contributed by atoms with E-state index in [9.17, 15) is 18.4 Å². The second-order valence-electron chi connectivity index (χ2n) is 6.49. The maximum absolute atomic E-state index is 13.3. The minimum atomic E-state index is -1.05. The summed E-state index contributed by atoms with van der Waals surface area (Å²) in [5, 5.41) is 10.5. The number of hydrogen-bond donors (Lipinski definition) is 2. The number of halogens is 2. The molecule has 0 saturated heterocycles. The van der Waals surface area contributed by atoms with Crippen molar-refractivity contribution in [1.29, 1.82) is 0 Å². The van der Waals surface area contributed by atoms with Crippen molar-refractivity contribution in [2.24, 2.45) is 0 Å². The first-order valence-electron chi connectivity index (χ1n) is 9.28. The van der Waals surface area contributed by atoms with Gasteiger partial charge in [-0.15, -0.1) is 10.2 Å². The normalized spacial score (nSPS) is 10.6. The fourth-order valence-electron chi connectivity index (χ4n) is 2.86. The van der Waals surface area contributed by atoms with Crippen LogP contribution in [0.5, 0.6) is 5.75 Å². The Labute approximate surface area is 171 Å². The van der Waals surface area contributed by atoms with Crippen LogP contribution < -0.4 is 15.6 Å². The lowest BCUT2D eigenvalue weighted by molar-refractivity contribution is -0.121. The molecule has 0 unspecified atom stereocenters. The average molecular weight is 414 g/mol. The van der Waals surface area contributed by atoms with Crippen LogP contribution in [0, 0.1) is 11.6 Å². The lowest BCUT2D eigenvalue weighted by Crippen LogP contribution is -2.27. The molecule has 0 atom stereocenters. The molecule has 0 saturated carbocycles. The van der Waals surface area contributed by atoms with Crippen LogP contribution in [0.1, 0.15) is 17.7 Å². The second-order valence-corrected chi connectivity index (χ2v) is 6.49. The Morgan fingerprint density at radius 1 is 1.10 bits per heavy atom. The molecule has 7 nitrogen and oxygen atoms in total. The maximum Gasteiger partial charge on any atom is 0.273 e. The van der Waals surface area contributed by atoms with E-state index in [4.69, 9.17) is 4.74 Å². The zero-order valence-corrected chi connectivity index (χ0v) is 16.2. The highest BCUT2D eigenvalue weighted by atomic mass is 19.2. The molecule has 2 aromatic carbocycles. The van der Waals surface area contributed by atoms with Gasteiger partial charge < -0.3 is 15.0 Å². The number of amides is 1. The van der Waals surface area contributed by atoms with Gasteiger partial charge in [0.15, 0.2) is 17.5 Å². The molecule has 0 aliphatic rings. The lowest BCUT2D eigenvalue weighted by atomic mass is 10.1. The number of para-hydroxylation sites is 1. The predicted molar refractivity (Wildman–Crippen MR) is 106 cm³/mol. The number of hydrogen-bond acceptors (Lipinski definition) is 5. The third kappa shape index (κ3) is 5.25. The van der Waals surface area contributed by atoms with Gasteiger partial charge in [-0.05, 0) is 36.2 Å². The predicted octanol–water partition coefficient (Wildman–Crippen LogP) is 2.41. The summed E-state index contributed by atoms with van der Waals surface area (Å²) >= 11 is 0. The molecule has 0 aliphatic carbocycles. The number of nitrogens with zero attached hydrogens (tertiary/aromatic N) is 2. The summed E-state index contributed by atoms with van der Waals surface area (Å²) in [6.07, 6.45) is 0.772. The molecule has 1 aromatic heterocycles. The van der Waals surface area contributed by atoms with E-state index in [0.717, 1.165) is 23.4 Å². The highest BCUT2D eigenvalue weighted by molar-refractivity contribution is 5.76. The number of aromatic amines is 1. The van der Waals surface area contributed by atoms with Crippen molar-refractivity contribution < 1.29 is 18.3 Å². The van der Waals surface area contributed by atoms with E-state index in [1.807, 2.05) is 24.3 Å². The highest BCUT2D eigenvalue weighted by Gasteiger charge is 2.11. The van der Waals surface area contributed by atoms with Crippen molar-refractivity contribution in [3.63, 3.8) is 0 Å². The van der Waals surface area contributed by atoms with Gasteiger partial charge in [0, 0.05) is 24.9 Å². The van der Waals surface area contributed by atoms with Crippen LogP contribution in [0.2, 0.25) is 0 Å². The molecular formula is C21H20F2N4O3. The maximum atomic E-state index is 13.3. The van der Waals surface area contributed by atoms with Crippen molar-refractivity contribution in [3.05, 3.63) is 75.7 Å².